The smallest absolute Gasteiger partial charge is 0.337 e. The lowest BCUT2D eigenvalue weighted by atomic mass is 10.2. The van der Waals surface area contributed by atoms with E-state index < -0.39 is 8.56 Å². The van der Waals surface area contributed by atoms with Crippen LogP contribution in [0.5, 0.6) is 0 Å². The van der Waals surface area contributed by atoms with Gasteiger partial charge in [0.2, 0.25) is 0 Å². The van der Waals surface area contributed by atoms with Gasteiger partial charge >= 0.3 is 8.56 Å². The molecule has 0 aromatic carbocycles. The number of rotatable bonds is 6. The van der Waals surface area contributed by atoms with Crippen LogP contribution in [0.15, 0.2) is 12.7 Å². The quantitative estimate of drug-likeness (QED) is 0.471. The minimum absolute atomic E-state index is 0.519. The predicted octanol–water partition coefficient (Wildman–Crippen LogP) is 2.71. The van der Waals surface area contributed by atoms with Crippen LogP contribution in [0.3, 0.4) is 0 Å². The third kappa shape index (κ3) is 3.09. The zero-order chi connectivity index (χ0) is 9.61. The fourth-order valence-electron chi connectivity index (χ4n) is 1.12. The zero-order valence-electron chi connectivity index (χ0n) is 8.59. The van der Waals surface area contributed by atoms with Crippen molar-refractivity contribution in [2.24, 2.45) is 0 Å². The van der Waals surface area contributed by atoms with Crippen LogP contribution in [0, 0.1) is 0 Å². The normalized spacial score (nSPS) is 14.3. The average Bonchev–Trinajstić information content (AvgIpc) is 2.12. The summed E-state index contributed by atoms with van der Waals surface area (Å²) < 4.78 is 10.9. The molecular formula is C9H20O2Si. The van der Waals surface area contributed by atoms with Gasteiger partial charge in [0.25, 0.3) is 0 Å². The largest absolute Gasteiger partial charge is 0.398 e. The first kappa shape index (κ1) is 11.9. The third-order valence-corrected chi connectivity index (χ3v) is 6.21. The van der Waals surface area contributed by atoms with Gasteiger partial charge in [0.05, 0.1) is 0 Å². The Kier molecular flexibility index (Phi) is 5.45. The maximum atomic E-state index is 5.43. The molecule has 0 fully saturated rings. The molecular weight excluding hydrogens is 168 g/mol. The summed E-state index contributed by atoms with van der Waals surface area (Å²) >= 11 is 0. The van der Waals surface area contributed by atoms with Crippen molar-refractivity contribution in [2.45, 2.75) is 31.9 Å². The van der Waals surface area contributed by atoms with Crippen LogP contribution >= 0.6 is 0 Å². The standard InChI is InChI=1S/C9H20O2Si/c1-6-7-8-9(2)12(5,10-3)11-4/h6,9H,1,7-8H2,2-5H3. The Balaban J connectivity index is 4.01. The first-order valence-electron chi connectivity index (χ1n) is 4.32. The minimum atomic E-state index is -1.89. The predicted molar refractivity (Wildman–Crippen MR) is 54.5 cm³/mol. The molecule has 0 saturated heterocycles. The van der Waals surface area contributed by atoms with Crippen molar-refractivity contribution in [1.82, 2.24) is 0 Å². The Morgan fingerprint density at radius 1 is 1.42 bits per heavy atom. The molecule has 72 valence electrons. The Morgan fingerprint density at radius 3 is 2.25 bits per heavy atom. The molecule has 0 rings (SSSR count). The van der Waals surface area contributed by atoms with Crippen molar-refractivity contribution in [1.29, 1.82) is 0 Å². The maximum absolute atomic E-state index is 5.43. The van der Waals surface area contributed by atoms with Gasteiger partial charge in [0.1, 0.15) is 0 Å². The van der Waals surface area contributed by atoms with E-state index in [1.807, 2.05) is 6.08 Å². The summed E-state index contributed by atoms with van der Waals surface area (Å²) in [7, 11) is 1.59. The van der Waals surface area contributed by atoms with E-state index in [0.717, 1.165) is 12.8 Å². The molecule has 0 heterocycles. The molecule has 0 amide bonds. The second kappa shape index (κ2) is 5.51. The summed E-state index contributed by atoms with van der Waals surface area (Å²) in [5.41, 5.74) is 0.519. The second-order valence-electron chi connectivity index (χ2n) is 3.19. The van der Waals surface area contributed by atoms with Gasteiger partial charge in [-0.1, -0.05) is 13.0 Å². The maximum Gasteiger partial charge on any atom is 0.337 e. The van der Waals surface area contributed by atoms with Crippen LogP contribution in [0.1, 0.15) is 19.8 Å². The second-order valence-corrected chi connectivity index (χ2v) is 7.03. The van der Waals surface area contributed by atoms with Gasteiger partial charge in [0, 0.05) is 14.2 Å². The molecule has 0 aromatic rings. The van der Waals surface area contributed by atoms with Crippen molar-refractivity contribution in [2.75, 3.05) is 14.2 Å². The van der Waals surface area contributed by atoms with Gasteiger partial charge in [-0.25, -0.2) is 0 Å². The van der Waals surface area contributed by atoms with E-state index in [-0.39, 0.29) is 0 Å². The monoisotopic (exact) mass is 188 g/mol. The van der Waals surface area contributed by atoms with Crippen LogP contribution in [-0.4, -0.2) is 22.8 Å². The van der Waals surface area contributed by atoms with E-state index >= 15 is 0 Å². The molecule has 12 heavy (non-hydrogen) atoms. The van der Waals surface area contributed by atoms with Gasteiger partial charge in [-0.15, -0.1) is 6.58 Å². The summed E-state index contributed by atoms with van der Waals surface area (Å²) in [4.78, 5) is 0. The summed E-state index contributed by atoms with van der Waals surface area (Å²) in [6, 6.07) is 0. The Labute approximate surface area is 76.8 Å². The van der Waals surface area contributed by atoms with Gasteiger partial charge < -0.3 is 8.85 Å². The highest BCUT2D eigenvalue weighted by Crippen LogP contribution is 2.27. The number of allylic oxidation sites excluding steroid dienone is 1. The molecule has 0 spiro atoms. The van der Waals surface area contributed by atoms with Crippen LogP contribution in [0.4, 0.5) is 0 Å². The van der Waals surface area contributed by atoms with Crippen molar-refractivity contribution in [3.05, 3.63) is 12.7 Å². The molecule has 0 bridgehead atoms. The van der Waals surface area contributed by atoms with Crippen molar-refractivity contribution in [3.8, 4) is 0 Å². The van der Waals surface area contributed by atoms with Crippen molar-refractivity contribution in [3.63, 3.8) is 0 Å². The van der Waals surface area contributed by atoms with E-state index in [0.29, 0.717) is 5.54 Å². The lowest BCUT2D eigenvalue weighted by Crippen LogP contribution is -2.40. The number of hydrogen-bond acceptors (Lipinski definition) is 2. The van der Waals surface area contributed by atoms with Gasteiger partial charge in [-0.2, -0.15) is 0 Å². The van der Waals surface area contributed by atoms with E-state index in [9.17, 15) is 0 Å². The Morgan fingerprint density at radius 2 is 1.92 bits per heavy atom. The topological polar surface area (TPSA) is 18.5 Å². The fourth-order valence-corrected chi connectivity index (χ4v) is 2.78. The molecule has 0 aliphatic heterocycles. The zero-order valence-corrected chi connectivity index (χ0v) is 9.59. The van der Waals surface area contributed by atoms with Crippen LogP contribution in [0.2, 0.25) is 12.1 Å². The van der Waals surface area contributed by atoms with Gasteiger partial charge in [-0.05, 0) is 24.9 Å². The SMILES string of the molecule is C=CCCC(C)[Si](C)(OC)OC. The molecule has 0 aliphatic carbocycles. The van der Waals surface area contributed by atoms with E-state index in [1.54, 1.807) is 14.2 Å². The van der Waals surface area contributed by atoms with Crippen LogP contribution < -0.4 is 0 Å². The molecule has 3 heteroatoms. The highest BCUT2D eigenvalue weighted by Gasteiger charge is 2.35. The van der Waals surface area contributed by atoms with Gasteiger partial charge in [-0.3, -0.25) is 0 Å². The van der Waals surface area contributed by atoms with Gasteiger partial charge in [0.15, 0.2) is 0 Å². The Bertz CT molecular complexity index is 132. The minimum Gasteiger partial charge on any atom is -0.398 e. The summed E-state index contributed by atoms with van der Waals surface area (Å²) in [5, 5.41) is 0. The molecule has 1 unspecified atom stereocenters. The third-order valence-electron chi connectivity index (χ3n) is 2.51. The number of hydrogen-bond donors (Lipinski definition) is 0. The summed E-state index contributed by atoms with van der Waals surface area (Å²) in [6.45, 7) is 7.98. The van der Waals surface area contributed by atoms with Crippen LogP contribution in [-0.2, 0) is 8.85 Å². The first-order valence-corrected chi connectivity index (χ1v) is 6.71. The average molecular weight is 188 g/mol. The summed E-state index contributed by atoms with van der Waals surface area (Å²) in [5.74, 6) is 0. The molecule has 1 atom stereocenters. The summed E-state index contributed by atoms with van der Waals surface area (Å²) in [6.07, 6.45) is 4.08. The van der Waals surface area contributed by atoms with E-state index in [4.69, 9.17) is 8.85 Å². The lowest BCUT2D eigenvalue weighted by molar-refractivity contribution is 0.236. The molecule has 0 saturated carbocycles. The van der Waals surface area contributed by atoms with E-state index in [2.05, 4.69) is 20.0 Å². The molecule has 0 radical (unpaired) electrons. The van der Waals surface area contributed by atoms with Crippen LogP contribution in [0.25, 0.3) is 0 Å². The van der Waals surface area contributed by atoms with E-state index in [1.165, 1.54) is 0 Å². The highest BCUT2D eigenvalue weighted by molar-refractivity contribution is 6.67. The molecule has 2 nitrogen and oxygen atoms in total. The first-order chi connectivity index (χ1) is 5.60. The molecule has 0 N–H and O–H groups in total. The molecule has 0 aliphatic rings. The fraction of sp³-hybridized carbons (Fsp3) is 0.778. The van der Waals surface area contributed by atoms with Crippen molar-refractivity contribution >= 4 is 8.56 Å². The molecule has 0 aromatic heterocycles. The Hall–Kier alpha value is -0.123. The van der Waals surface area contributed by atoms with Crippen molar-refractivity contribution < 1.29 is 8.85 Å². The highest BCUT2D eigenvalue weighted by atomic mass is 28.4. The lowest BCUT2D eigenvalue weighted by Gasteiger charge is -2.29.